The average Bonchev–Trinajstić information content (AvgIpc) is 2.39. The molecule has 106 valence electrons. The molecule has 0 aromatic heterocycles. The van der Waals surface area contributed by atoms with E-state index in [-0.39, 0.29) is 22.6 Å². The highest BCUT2D eigenvalue weighted by molar-refractivity contribution is 6.31. The van der Waals surface area contributed by atoms with Gasteiger partial charge in [0.25, 0.3) is 0 Å². The first-order valence-corrected chi connectivity index (χ1v) is 6.34. The number of hydrogen-bond donors (Lipinski definition) is 1. The van der Waals surface area contributed by atoms with E-state index in [1.807, 2.05) is 0 Å². The van der Waals surface area contributed by atoms with Gasteiger partial charge < -0.3 is 5.11 Å². The molecule has 0 spiro atoms. The molecule has 0 fully saturated rings. The van der Waals surface area contributed by atoms with Crippen molar-refractivity contribution in [1.82, 2.24) is 0 Å². The number of rotatable bonds is 3. The molecule has 2 aromatic rings. The number of aryl methyl sites for hydroxylation is 1. The standard InChI is InChI=1S/C15H12ClF3O/c1-8-2-5-11(15(19)14(8)18)13(20)6-9-3-4-10(17)7-12(9)16/h2-5,7,13,20H,6H2,1H3. The Labute approximate surface area is 119 Å². The number of halogens is 4. The number of aliphatic hydroxyl groups excluding tert-OH is 1. The van der Waals surface area contributed by atoms with E-state index >= 15 is 0 Å². The van der Waals surface area contributed by atoms with Gasteiger partial charge in [0.2, 0.25) is 0 Å². The number of aliphatic hydroxyl groups is 1. The van der Waals surface area contributed by atoms with Gasteiger partial charge >= 0.3 is 0 Å². The summed E-state index contributed by atoms with van der Waals surface area (Å²) in [7, 11) is 0. The Morgan fingerprint density at radius 2 is 1.80 bits per heavy atom. The Morgan fingerprint density at radius 3 is 2.45 bits per heavy atom. The second-order valence-electron chi connectivity index (χ2n) is 4.56. The van der Waals surface area contributed by atoms with Gasteiger partial charge in [0.05, 0.1) is 6.10 Å². The molecule has 0 bridgehead atoms. The third kappa shape index (κ3) is 2.97. The van der Waals surface area contributed by atoms with E-state index in [0.717, 1.165) is 6.07 Å². The minimum Gasteiger partial charge on any atom is -0.388 e. The van der Waals surface area contributed by atoms with Crippen LogP contribution in [0.4, 0.5) is 13.2 Å². The maximum atomic E-state index is 13.8. The molecule has 0 aliphatic rings. The van der Waals surface area contributed by atoms with E-state index in [1.54, 1.807) is 0 Å². The smallest absolute Gasteiger partial charge is 0.164 e. The summed E-state index contributed by atoms with van der Waals surface area (Å²) in [6.07, 6.45) is -1.29. The molecule has 1 N–H and O–H groups in total. The summed E-state index contributed by atoms with van der Waals surface area (Å²) in [6.45, 7) is 1.44. The van der Waals surface area contributed by atoms with Crippen molar-refractivity contribution >= 4 is 11.6 Å². The van der Waals surface area contributed by atoms with E-state index in [9.17, 15) is 18.3 Å². The summed E-state index contributed by atoms with van der Waals surface area (Å²) in [6, 6.07) is 6.43. The summed E-state index contributed by atoms with van der Waals surface area (Å²) in [5.74, 6) is -2.55. The molecule has 0 saturated heterocycles. The third-order valence-electron chi connectivity index (χ3n) is 3.09. The highest BCUT2D eigenvalue weighted by Gasteiger charge is 2.19. The molecule has 1 nitrogen and oxygen atoms in total. The first-order valence-electron chi connectivity index (χ1n) is 5.96. The van der Waals surface area contributed by atoms with Crippen molar-refractivity contribution in [2.45, 2.75) is 19.4 Å². The van der Waals surface area contributed by atoms with E-state index in [4.69, 9.17) is 11.6 Å². The zero-order chi connectivity index (χ0) is 14.9. The predicted molar refractivity (Wildman–Crippen MR) is 71.2 cm³/mol. The molecular weight excluding hydrogens is 289 g/mol. The molecule has 0 aliphatic carbocycles. The number of hydrogen-bond acceptors (Lipinski definition) is 1. The zero-order valence-electron chi connectivity index (χ0n) is 10.6. The van der Waals surface area contributed by atoms with Crippen molar-refractivity contribution in [2.75, 3.05) is 0 Å². The second-order valence-corrected chi connectivity index (χ2v) is 4.96. The van der Waals surface area contributed by atoms with Crippen molar-refractivity contribution < 1.29 is 18.3 Å². The molecule has 20 heavy (non-hydrogen) atoms. The molecule has 0 aliphatic heterocycles. The fourth-order valence-corrected chi connectivity index (χ4v) is 2.17. The van der Waals surface area contributed by atoms with Crippen LogP contribution in [0.25, 0.3) is 0 Å². The van der Waals surface area contributed by atoms with Crippen molar-refractivity contribution in [1.29, 1.82) is 0 Å². The van der Waals surface area contributed by atoms with Crippen LogP contribution in [0, 0.1) is 24.4 Å². The average molecular weight is 301 g/mol. The molecule has 0 radical (unpaired) electrons. The lowest BCUT2D eigenvalue weighted by atomic mass is 9.99. The SMILES string of the molecule is Cc1ccc(C(O)Cc2ccc(F)cc2Cl)c(F)c1F. The molecule has 1 unspecified atom stereocenters. The fourth-order valence-electron chi connectivity index (χ4n) is 1.92. The van der Waals surface area contributed by atoms with Crippen LogP contribution >= 0.6 is 11.6 Å². The van der Waals surface area contributed by atoms with Gasteiger partial charge in [-0.25, -0.2) is 13.2 Å². The second kappa shape index (κ2) is 5.85. The van der Waals surface area contributed by atoms with Gasteiger partial charge in [-0.2, -0.15) is 0 Å². The van der Waals surface area contributed by atoms with Crippen LogP contribution in [0.5, 0.6) is 0 Å². The van der Waals surface area contributed by atoms with Gasteiger partial charge in [-0.3, -0.25) is 0 Å². The van der Waals surface area contributed by atoms with E-state index in [0.29, 0.717) is 5.56 Å². The van der Waals surface area contributed by atoms with Crippen LogP contribution in [0.3, 0.4) is 0 Å². The number of benzene rings is 2. The van der Waals surface area contributed by atoms with Gasteiger partial charge in [0, 0.05) is 17.0 Å². The molecular formula is C15H12ClF3O. The molecule has 5 heteroatoms. The molecule has 2 rings (SSSR count). The lowest BCUT2D eigenvalue weighted by Gasteiger charge is -2.14. The maximum Gasteiger partial charge on any atom is 0.164 e. The normalized spacial score (nSPS) is 12.5. The molecule has 1 atom stereocenters. The minimum absolute atomic E-state index is 0.0292. The van der Waals surface area contributed by atoms with Crippen molar-refractivity contribution in [3.63, 3.8) is 0 Å². The Kier molecular flexibility index (Phi) is 4.35. The van der Waals surface area contributed by atoms with Crippen LogP contribution in [0.2, 0.25) is 5.02 Å². The quantitative estimate of drug-likeness (QED) is 0.894. The van der Waals surface area contributed by atoms with E-state index < -0.39 is 23.6 Å². The Bertz CT molecular complexity index is 643. The van der Waals surface area contributed by atoms with Gasteiger partial charge in [-0.05, 0) is 30.2 Å². The Morgan fingerprint density at radius 1 is 1.10 bits per heavy atom. The largest absolute Gasteiger partial charge is 0.388 e. The Balaban J connectivity index is 2.28. The lowest BCUT2D eigenvalue weighted by molar-refractivity contribution is 0.172. The molecule has 0 heterocycles. The first-order chi connectivity index (χ1) is 9.40. The highest BCUT2D eigenvalue weighted by Crippen LogP contribution is 2.27. The van der Waals surface area contributed by atoms with Crippen LogP contribution in [0.1, 0.15) is 22.8 Å². The summed E-state index contributed by atoms with van der Waals surface area (Å²) >= 11 is 5.84. The third-order valence-corrected chi connectivity index (χ3v) is 3.44. The Hall–Kier alpha value is -1.52. The van der Waals surface area contributed by atoms with E-state index in [2.05, 4.69) is 0 Å². The summed E-state index contributed by atoms with van der Waals surface area (Å²) < 4.78 is 40.1. The highest BCUT2D eigenvalue weighted by atomic mass is 35.5. The van der Waals surface area contributed by atoms with Crippen LogP contribution < -0.4 is 0 Å². The molecule has 0 saturated carbocycles. The lowest BCUT2D eigenvalue weighted by Crippen LogP contribution is -2.07. The zero-order valence-corrected chi connectivity index (χ0v) is 11.4. The maximum absolute atomic E-state index is 13.8. The summed E-state index contributed by atoms with van der Waals surface area (Å²) in [5, 5.41) is 10.1. The van der Waals surface area contributed by atoms with Crippen LogP contribution in [-0.4, -0.2) is 5.11 Å². The van der Waals surface area contributed by atoms with E-state index in [1.165, 1.54) is 31.2 Å². The molecule has 2 aromatic carbocycles. The van der Waals surface area contributed by atoms with Crippen molar-refractivity contribution in [3.8, 4) is 0 Å². The van der Waals surface area contributed by atoms with Gasteiger partial charge in [0.15, 0.2) is 11.6 Å². The van der Waals surface area contributed by atoms with Crippen LogP contribution in [-0.2, 0) is 6.42 Å². The van der Waals surface area contributed by atoms with Gasteiger partial charge in [-0.15, -0.1) is 0 Å². The first kappa shape index (κ1) is 14.9. The topological polar surface area (TPSA) is 20.2 Å². The van der Waals surface area contributed by atoms with Crippen molar-refractivity contribution in [2.24, 2.45) is 0 Å². The fraction of sp³-hybridized carbons (Fsp3) is 0.200. The predicted octanol–water partition coefficient (Wildman–Crippen LogP) is 4.34. The minimum atomic E-state index is -1.26. The summed E-state index contributed by atoms with van der Waals surface area (Å²) in [5.41, 5.74) is 0.479. The van der Waals surface area contributed by atoms with Crippen molar-refractivity contribution in [3.05, 3.63) is 69.5 Å². The van der Waals surface area contributed by atoms with Gasteiger partial charge in [0.1, 0.15) is 5.82 Å². The van der Waals surface area contributed by atoms with Gasteiger partial charge in [-0.1, -0.05) is 29.8 Å². The summed E-state index contributed by atoms with van der Waals surface area (Å²) in [4.78, 5) is 0. The molecule has 0 amide bonds. The van der Waals surface area contributed by atoms with Crippen LogP contribution in [0.15, 0.2) is 30.3 Å². The monoisotopic (exact) mass is 300 g/mol.